The lowest BCUT2D eigenvalue weighted by molar-refractivity contribution is -0.151. The van der Waals surface area contributed by atoms with Crippen LogP contribution in [-0.4, -0.2) is 245 Å². The summed E-state index contributed by atoms with van der Waals surface area (Å²) < 4.78 is 6.13. The highest BCUT2D eigenvalue weighted by molar-refractivity contribution is 6.00. The van der Waals surface area contributed by atoms with Crippen LogP contribution in [0.2, 0.25) is 0 Å². The number of ether oxygens (including phenoxy) is 1. The molecular formula is C79H112N12O14. The molecule has 2 aliphatic rings. The van der Waals surface area contributed by atoms with E-state index >= 15 is 14.4 Å². The third-order valence-electron chi connectivity index (χ3n) is 19.0. The van der Waals surface area contributed by atoms with E-state index in [0.717, 1.165) is 16.2 Å². The Kier molecular flexibility index (Phi) is 32.4. The number of Topliss-reactive ketones (excluding diaryl/α,β-unsaturated/α-hetero) is 1. The molecule has 0 radical (unpaired) electrons. The van der Waals surface area contributed by atoms with Gasteiger partial charge in [0.25, 0.3) is 0 Å². The Morgan fingerprint density at radius 1 is 0.476 bits per heavy atom. The van der Waals surface area contributed by atoms with Crippen molar-refractivity contribution in [2.24, 2.45) is 11.8 Å². The molecule has 11 amide bonds. The summed E-state index contributed by atoms with van der Waals surface area (Å²) in [5.41, 5.74) is 1.65. The van der Waals surface area contributed by atoms with Crippen LogP contribution in [0.15, 0.2) is 121 Å². The molecule has 0 bridgehead atoms. The van der Waals surface area contributed by atoms with E-state index in [0.29, 0.717) is 48.2 Å². The lowest BCUT2D eigenvalue weighted by Crippen LogP contribution is -2.62. The van der Waals surface area contributed by atoms with Crippen LogP contribution < -0.4 is 31.9 Å². The first-order valence-electron chi connectivity index (χ1n) is 36.5. The zero-order valence-corrected chi connectivity index (χ0v) is 63.6. The van der Waals surface area contributed by atoms with Gasteiger partial charge in [-0.3, -0.25) is 62.4 Å². The standard InChI is InChI=1S/C79H112N12O14/c1-50(2)40-60-75(101)89(13)66(45-57-36-26-18-27-37-57)78(104)90(14)65(44-56-34-24-17-25-35-56)77(103)87(11)48-67(94)80-61(43-55-32-22-16-23-33-55)74(100)88(12)52(5)69(95)81-59(42-54-30-20-15-21-31-54)70(96)84-63(49-105-79(7,8)9)71(97)82-62(76(102)91-38-28-19-29-39-91)46-58(93)47-86(10)64(41-51(3)4)72(98)85-68(53(6)92)73(99)83-60/h15-18,20-27,30-37,50-53,59-66,68,92H,19,28-29,38-49H2,1-14H3,(H,80,94)(H,81,95)(H,82,97)(H,83,99)(H,84,96)(H,85,98)/t52-,53+,59-,60-,61-,62-,63-,64-,65-,66-,68-/m0/s1. The number of ketones is 1. The summed E-state index contributed by atoms with van der Waals surface area (Å²) in [4.78, 5) is 187. The first-order valence-corrected chi connectivity index (χ1v) is 36.5. The van der Waals surface area contributed by atoms with E-state index in [2.05, 4.69) is 31.9 Å². The number of likely N-dealkylation sites (tertiary alicyclic amines) is 1. The highest BCUT2D eigenvalue weighted by atomic mass is 16.5. The first-order chi connectivity index (χ1) is 49.6. The van der Waals surface area contributed by atoms with E-state index in [1.165, 1.54) is 63.8 Å². The van der Waals surface area contributed by atoms with Gasteiger partial charge in [-0.05, 0) is 108 Å². The molecule has 11 atom stereocenters. The Morgan fingerprint density at radius 2 is 0.924 bits per heavy atom. The lowest BCUT2D eigenvalue weighted by atomic mass is 9.97. The van der Waals surface area contributed by atoms with Crippen molar-refractivity contribution in [1.82, 2.24) is 61.3 Å². The number of hydrogen-bond acceptors (Lipinski definition) is 15. The first kappa shape index (κ1) is 84.5. The third-order valence-corrected chi connectivity index (χ3v) is 19.0. The summed E-state index contributed by atoms with van der Waals surface area (Å²) >= 11 is 0. The van der Waals surface area contributed by atoms with Gasteiger partial charge in [-0.2, -0.15) is 0 Å². The fraction of sp³-hybridized carbons (Fsp3) is 0.544. The van der Waals surface area contributed by atoms with Gasteiger partial charge >= 0.3 is 0 Å². The molecule has 4 aromatic rings. The molecule has 105 heavy (non-hydrogen) atoms. The van der Waals surface area contributed by atoms with E-state index in [4.69, 9.17) is 4.74 Å². The highest BCUT2D eigenvalue weighted by Gasteiger charge is 2.42. The van der Waals surface area contributed by atoms with Crippen molar-refractivity contribution >= 4 is 70.8 Å². The van der Waals surface area contributed by atoms with Crippen molar-refractivity contribution in [2.75, 3.05) is 68.0 Å². The van der Waals surface area contributed by atoms with Crippen molar-refractivity contribution in [3.63, 3.8) is 0 Å². The van der Waals surface area contributed by atoms with Gasteiger partial charge in [-0.1, -0.05) is 149 Å². The van der Waals surface area contributed by atoms with Gasteiger partial charge in [0.2, 0.25) is 65.0 Å². The van der Waals surface area contributed by atoms with Gasteiger partial charge in [-0.25, -0.2) is 0 Å². The number of carbonyl (C=O) groups is 12. The summed E-state index contributed by atoms with van der Waals surface area (Å²) in [6, 6.07) is 21.4. The summed E-state index contributed by atoms with van der Waals surface area (Å²) in [6.07, 6.45) is -0.0830. The van der Waals surface area contributed by atoms with Gasteiger partial charge in [-0.15, -0.1) is 0 Å². The second-order valence-electron chi connectivity index (χ2n) is 29.8. The van der Waals surface area contributed by atoms with Crippen molar-refractivity contribution in [2.45, 2.75) is 199 Å². The van der Waals surface area contributed by atoms with Gasteiger partial charge in [0.05, 0.1) is 37.4 Å². The second-order valence-corrected chi connectivity index (χ2v) is 29.8. The van der Waals surface area contributed by atoms with Crippen molar-refractivity contribution in [1.29, 1.82) is 0 Å². The number of amides is 11. The fourth-order valence-corrected chi connectivity index (χ4v) is 12.9. The molecule has 7 N–H and O–H groups in total. The zero-order chi connectivity index (χ0) is 77.4. The smallest absolute Gasteiger partial charge is 0.246 e. The summed E-state index contributed by atoms with van der Waals surface area (Å²) in [5.74, 6) is -9.37. The molecule has 4 aromatic carbocycles. The lowest BCUT2D eigenvalue weighted by Gasteiger charge is -2.37. The SMILES string of the molecule is CC(C)C[C@@H]1NC(=O)[C@H]([C@@H](C)O)NC(=O)[C@H](CC(C)C)N(C)CC(=O)C[C@@H](C(=O)N2CCCCC2)NC(=O)[C@H](COC(C)(C)C)NC(=O)[C@H](Cc2ccccc2)NC(=O)[C@H](C)N(C)C(=O)[C@H](Cc2ccccc2)NC(=O)CN(C)C(=O)[C@H](Cc2ccccc2)N(C)C(=O)[C@H](Cc2ccccc2)N(C)C1=O. The largest absolute Gasteiger partial charge is 0.391 e. The third kappa shape index (κ3) is 26.0. The van der Waals surface area contributed by atoms with E-state index in [-0.39, 0.29) is 50.4 Å². The molecule has 26 nitrogen and oxygen atoms in total. The minimum absolute atomic E-state index is 0.0274. The molecule has 0 aliphatic carbocycles. The Morgan fingerprint density at radius 3 is 1.42 bits per heavy atom. The maximum absolute atomic E-state index is 15.6. The molecule has 2 saturated heterocycles. The minimum atomic E-state index is -1.67. The minimum Gasteiger partial charge on any atom is -0.391 e. The van der Waals surface area contributed by atoms with Crippen LogP contribution in [0.3, 0.4) is 0 Å². The zero-order valence-electron chi connectivity index (χ0n) is 63.6. The fourth-order valence-electron chi connectivity index (χ4n) is 12.9. The van der Waals surface area contributed by atoms with Crippen LogP contribution in [0.25, 0.3) is 0 Å². The van der Waals surface area contributed by atoms with Crippen LogP contribution in [0.5, 0.6) is 0 Å². The number of aliphatic hydroxyl groups excluding tert-OH is 1. The second kappa shape index (κ2) is 40.2. The predicted molar refractivity (Wildman–Crippen MR) is 398 cm³/mol. The van der Waals surface area contributed by atoms with Crippen LogP contribution in [0, 0.1) is 11.8 Å². The maximum Gasteiger partial charge on any atom is 0.246 e. The number of benzene rings is 4. The van der Waals surface area contributed by atoms with Gasteiger partial charge in [0, 0.05) is 73.4 Å². The Balaban J connectivity index is 1.47. The number of nitrogens with zero attached hydrogens (tertiary/aromatic N) is 6. The normalized spacial score (nSPS) is 24.5. The Labute approximate surface area is 618 Å². The van der Waals surface area contributed by atoms with Crippen LogP contribution in [-0.2, 0) is 88.0 Å². The van der Waals surface area contributed by atoms with E-state index in [1.54, 1.807) is 147 Å². The van der Waals surface area contributed by atoms with Gasteiger partial charge in [0.15, 0.2) is 0 Å². The number of piperidine rings is 1. The van der Waals surface area contributed by atoms with E-state index in [9.17, 15) is 48.3 Å². The highest BCUT2D eigenvalue weighted by Crippen LogP contribution is 2.22. The molecule has 0 spiro atoms. The van der Waals surface area contributed by atoms with Crippen molar-refractivity contribution < 1.29 is 67.4 Å². The van der Waals surface area contributed by atoms with Gasteiger partial charge in [0.1, 0.15) is 60.2 Å². The molecule has 572 valence electrons. The number of likely N-dealkylation sites (N-methyl/N-ethyl adjacent to an activating group) is 5. The predicted octanol–water partition coefficient (Wildman–Crippen LogP) is 3.40. The average Bonchev–Trinajstić information content (AvgIpc) is 0.810. The molecule has 2 heterocycles. The van der Waals surface area contributed by atoms with Crippen LogP contribution >= 0.6 is 0 Å². The number of hydrogen-bond donors (Lipinski definition) is 7. The Bertz CT molecular complexity index is 3570. The number of aliphatic hydroxyl groups is 1. The summed E-state index contributed by atoms with van der Waals surface area (Å²) in [6.45, 7) is 14.5. The van der Waals surface area contributed by atoms with E-state index in [1.807, 2.05) is 27.7 Å². The van der Waals surface area contributed by atoms with Crippen LogP contribution in [0.1, 0.15) is 123 Å². The molecule has 2 aliphatic heterocycles. The summed E-state index contributed by atoms with van der Waals surface area (Å²) in [5, 5.41) is 28.0. The quantitative estimate of drug-likeness (QED) is 0.0846. The molecule has 0 aromatic heterocycles. The average molecular weight is 1450 g/mol. The molecule has 26 heteroatoms. The monoisotopic (exact) mass is 1450 g/mol. The Hall–Kier alpha value is -9.40. The number of nitrogens with one attached hydrogen (secondary N) is 6. The van der Waals surface area contributed by atoms with Crippen molar-refractivity contribution in [3.05, 3.63) is 144 Å². The molecule has 6 rings (SSSR count). The molecule has 0 saturated carbocycles. The topological polar surface area (TPSA) is 326 Å². The number of carbonyl (C=O) groups excluding carboxylic acids is 12. The van der Waals surface area contributed by atoms with Crippen LogP contribution in [0.4, 0.5) is 0 Å². The number of rotatable bonds is 16. The molecule has 0 unspecified atom stereocenters. The van der Waals surface area contributed by atoms with Crippen molar-refractivity contribution in [3.8, 4) is 0 Å². The molecular weight excluding hydrogens is 1340 g/mol. The molecule has 2 fully saturated rings. The van der Waals surface area contributed by atoms with E-state index < -0.39 is 169 Å². The summed E-state index contributed by atoms with van der Waals surface area (Å²) in [7, 11) is 7.12. The van der Waals surface area contributed by atoms with Gasteiger partial charge < -0.3 is 66.2 Å². The maximum atomic E-state index is 15.6.